The van der Waals surface area contributed by atoms with E-state index in [1.807, 2.05) is 31.2 Å². The van der Waals surface area contributed by atoms with E-state index in [0.717, 1.165) is 37.3 Å². The van der Waals surface area contributed by atoms with Crippen molar-refractivity contribution in [3.8, 4) is 11.4 Å². The lowest BCUT2D eigenvalue weighted by Gasteiger charge is -2.12. The molecule has 0 saturated heterocycles. The van der Waals surface area contributed by atoms with E-state index < -0.39 is 0 Å². The molecule has 3 heterocycles. The molecule has 0 aliphatic carbocycles. The standard InChI is InChI=1S/C18H16BrN5OS/c1-11-9-26-18(16(11)17-21-10-22-23-17)20-6-7-24-14-4-3-13(19)8-12(14)2-5-15(24)25/h2-5,8-10,20H,6-7H2,1H3,(H,21,22,23). The Morgan fingerprint density at radius 2 is 2.19 bits per heavy atom. The number of aryl methyl sites for hydroxylation is 1. The van der Waals surface area contributed by atoms with Crippen LogP contribution in [0, 0.1) is 6.92 Å². The summed E-state index contributed by atoms with van der Waals surface area (Å²) in [5.41, 5.74) is 3.10. The van der Waals surface area contributed by atoms with E-state index >= 15 is 0 Å². The molecular weight excluding hydrogens is 414 g/mol. The Hall–Kier alpha value is -2.45. The summed E-state index contributed by atoms with van der Waals surface area (Å²) in [7, 11) is 0. The molecule has 2 N–H and O–H groups in total. The number of thiophene rings is 1. The number of halogens is 1. The highest BCUT2D eigenvalue weighted by Crippen LogP contribution is 2.34. The van der Waals surface area contributed by atoms with E-state index in [9.17, 15) is 4.79 Å². The summed E-state index contributed by atoms with van der Waals surface area (Å²) in [4.78, 5) is 16.6. The van der Waals surface area contributed by atoms with Crippen molar-refractivity contribution >= 4 is 43.2 Å². The van der Waals surface area contributed by atoms with E-state index in [2.05, 4.69) is 41.8 Å². The topological polar surface area (TPSA) is 75.6 Å². The minimum atomic E-state index is -0.000518. The Morgan fingerprint density at radius 3 is 3.00 bits per heavy atom. The van der Waals surface area contributed by atoms with Gasteiger partial charge >= 0.3 is 0 Å². The van der Waals surface area contributed by atoms with Crippen molar-refractivity contribution in [1.82, 2.24) is 19.7 Å². The van der Waals surface area contributed by atoms with Crippen LogP contribution >= 0.6 is 27.3 Å². The summed E-state index contributed by atoms with van der Waals surface area (Å²) in [5.74, 6) is 0.749. The van der Waals surface area contributed by atoms with E-state index in [0.29, 0.717) is 13.1 Å². The molecule has 0 spiro atoms. The largest absolute Gasteiger partial charge is 0.375 e. The molecule has 0 fully saturated rings. The van der Waals surface area contributed by atoms with Gasteiger partial charge in [-0.3, -0.25) is 9.89 Å². The molecular formula is C18H16BrN5OS. The first-order valence-electron chi connectivity index (χ1n) is 8.10. The third-order valence-corrected chi connectivity index (χ3v) is 5.75. The van der Waals surface area contributed by atoms with Gasteiger partial charge in [0.1, 0.15) is 6.33 Å². The van der Waals surface area contributed by atoms with Crippen molar-refractivity contribution in [2.45, 2.75) is 13.5 Å². The number of H-pyrrole nitrogens is 1. The fourth-order valence-corrected chi connectivity index (χ4v) is 4.33. The lowest BCUT2D eigenvalue weighted by atomic mass is 10.2. The van der Waals surface area contributed by atoms with Gasteiger partial charge < -0.3 is 9.88 Å². The van der Waals surface area contributed by atoms with Gasteiger partial charge in [0.25, 0.3) is 5.56 Å². The van der Waals surface area contributed by atoms with Gasteiger partial charge in [-0.05, 0) is 47.5 Å². The highest BCUT2D eigenvalue weighted by molar-refractivity contribution is 9.10. The number of nitrogens with one attached hydrogen (secondary N) is 2. The Labute approximate surface area is 162 Å². The molecule has 0 aliphatic heterocycles. The van der Waals surface area contributed by atoms with Gasteiger partial charge in [-0.25, -0.2) is 4.98 Å². The van der Waals surface area contributed by atoms with Crippen molar-refractivity contribution in [2.24, 2.45) is 0 Å². The third-order valence-electron chi connectivity index (χ3n) is 4.20. The summed E-state index contributed by atoms with van der Waals surface area (Å²) in [6.45, 7) is 3.26. The summed E-state index contributed by atoms with van der Waals surface area (Å²) in [6, 6.07) is 9.41. The van der Waals surface area contributed by atoms with Crippen LogP contribution in [-0.4, -0.2) is 26.3 Å². The molecule has 0 bridgehead atoms. The summed E-state index contributed by atoms with van der Waals surface area (Å²) in [5, 5.41) is 14.4. The van der Waals surface area contributed by atoms with Crippen LogP contribution in [0.5, 0.6) is 0 Å². The SMILES string of the molecule is Cc1csc(NCCn2c(=O)ccc3cc(Br)ccc32)c1-c1ncn[nH]1. The van der Waals surface area contributed by atoms with Crippen LogP contribution in [-0.2, 0) is 6.54 Å². The van der Waals surface area contributed by atoms with Crippen LogP contribution in [0.1, 0.15) is 5.56 Å². The number of aromatic nitrogens is 4. The maximum atomic E-state index is 12.3. The number of benzene rings is 1. The van der Waals surface area contributed by atoms with Crippen LogP contribution in [0.25, 0.3) is 22.3 Å². The summed E-state index contributed by atoms with van der Waals surface area (Å²) in [6.07, 6.45) is 1.50. The van der Waals surface area contributed by atoms with Gasteiger partial charge in [0.2, 0.25) is 0 Å². The predicted molar refractivity (Wildman–Crippen MR) is 109 cm³/mol. The van der Waals surface area contributed by atoms with Crippen molar-refractivity contribution in [2.75, 3.05) is 11.9 Å². The molecule has 4 rings (SSSR count). The lowest BCUT2D eigenvalue weighted by molar-refractivity contribution is 0.727. The number of hydrogen-bond donors (Lipinski definition) is 2. The first-order valence-corrected chi connectivity index (χ1v) is 9.77. The monoisotopic (exact) mass is 429 g/mol. The number of nitrogens with zero attached hydrogens (tertiary/aromatic N) is 3. The summed E-state index contributed by atoms with van der Waals surface area (Å²) < 4.78 is 2.79. The van der Waals surface area contributed by atoms with Crippen LogP contribution in [0.3, 0.4) is 0 Å². The highest BCUT2D eigenvalue weighted by Gasteiger charge is 2.13. The van der Waals surface area contributed by atoms with Crippen molar-refractivity contribution in [3.05, 3.63) is 62.4 Å². The quantitative estimate of drug-likeness (QED) is 0.501. The zero-order valence-corrected chi connectivity index (χ0v) is 16.4. The Kier molecular flexibility index (Phi) is 4.60. The van der Waals surface area contributed by atoms with Gasteiger partial charge in [0, 0.05) is 23.6 Å². The Balaban J connectivity index is 1.57. The van der Waals surface area contributed by atoms with Gasteiger partial charge in [0.05, 0.1) is 16.1 Å². The average molecular weight is 430 g/mol. The van der Waals surface area contributed by atoms with Crippen molar-refractivity contribution < 1.29 is 0 Å². The molecule has 0 unspecified atom stereocenters. The van der Waals surface area contributed by atoms with E-state index in [-0.39, 0.29) is 5.56 Å². The number of fused-ring (bicyclic) bond motifs is 1. The number of rotatable bonds is 5. The molecule has 6 nitrogen and oxygen atoms in total. The first-order chi connectivity index (χ1) is 12.6. The van der Waals surface area contributed by atoms with Gasteiger partial charge in [-0.2, -0.15) is 5.10 Å². The van der Waals surface area contributed by atoms with Crippen molar-refractivity contribution in [3.63, 3.8) is 0 Å². The molecule has 132 valence electrons. The fraction of sp³-hybridized carbons (Fsp3) is 0.167. The van der Waals surface area contributed by atoms with Crippen LogP contribution in [0.4, 0.5) is 5.00 Å². The molecule has 0 atom stereocenters. The molecule has 0 aliphatic rings. The fourth-order valence-electron chi connectivity index (χ4n) is 2.98. The average Bonchev–Trinajstić information content (AvgIpc) is 3.26. The zero-order chi connectivity index (χ0) is 18.1. The van der Waals surface area contributed by atoms with E-state index in [1.165, 1.54) is 6.33 Å². The van der Waals surface area contributed by atoms with E-state index in [1.54, 1.807) is 22.0 Å². The smallest absolute Gasteiger partial charge is 0.251 e. The van der Waals surface area contributed by atoms with Gasteiger partial charge in [-0.15, -0.1) is 11.3 Å². The summed E-state index contributed by atoms with van der Waals surface area (Å²) >= 11 is 5.10. The van der Waals surface area contributed by atoms with Crippen LogP contribution < -0.4 is 10.9 Å². The predicted octanol–water partition coefficient (Wildman–Crippen LogP) is 4.03. The molecule has 1 aromatic carbocycles. The molecule has 8 heteroatoms. The van der Waals surface area contributed by atoms with Gasteiger partial charge in [-0.1, -0.05) is 15.9 Å². The zero-order valence-electron chi connectivity index (χ0n) is 14.0. The molecule has 4 aromatic rings. The minimum Gasteiger partial charge on any atom is -0.375 e. The second-order valence-electron chi connectivity index (χ2n) is 5.91. The van der Waals surface area contributed by atoms with Gasteiger partial charge in [0.15, 0.2) is 5.82 Å². The molecule has 0 radical (unpaired) electrons. The lowest BCUT2D eigenvalue weighted by Crippen LogP contribution is -2.23. The molecule has 0 saturated carbocycles. The maximum absolute atomic E-state index is 12.3. The third kappa shape index (κ3) is 3.17. The Bertz CT molecular complexity index is 1120. The number of pyridine rings is 1. The first kappa shape index (κ1) is 17.0. The second-order valence-corrected chi connectivity index (χ2v) is 7.71. The maximum Gasteiger partial charge on any atom is 0.251 e. The number of anilines is 1. The minimum absolute atomic E-state index is 0.000518. The van der Waals surface area contributed by atoms with Crippen LogP contribution in [0.2, 0.25) is 0 Å². The number of hydrogen-bond acceptors (Lipinski definition) is 5. The second kappa shape index (κ2) is 7.05. The molecule has 3 aromatic heterocycles. The molecule has 0 amide bonds. The Morgan fingerprint density at radius 1 is 1.31 bits per heavy atom. The van der Waals surface area contributed by atoms with Crippen molar-refractivity contribution in [1.29, 1.82) is 0 Å². The normalized spacial score (nSPS) is 11.2. The molecule has 26 heavy (non-hydrogen) atoms. The highest BCUT2D eigenvalue weighted by atomic mass is 79.9. The number of aromatic amines is 1. The van der Waals surface area contributed by atoms with E-state index in [4.69, 9.17) is 0 Å². The van der Waals surface area contributed by atoms with Crippen LogP contribution in [0.15, 0.2) is 51.3 Å².